The van der Waals surface area contributed by atoms with Crippen LogP contribution >= 0.6 is 11.6 Å². The standard InChI is InChI=1S/C12H16ClN5O/c1-14-11(9-5-15-8-16-6-9)12-10(13)7-17-18(12)3-4-19-2/h5-8,11,14H,3-4H2,1-2H3. The van der Waals surface area contributed by atoms with E-state index in [1.807, 2.05) is 11.7 Å². The molecule has 6 nitrogen and oxygen atoms in total. The molecular weight excluding hydrogens is 266 g/mol. The summed E-state index contributed by atoms with van der Waals surface area (Å²) in [7, 11) is 3.52. The summed E-state index contributed by atoms with van der Waals surface area (Å²) in [5.74, 6) is 0. The Morgan fingerprint density at radius 2 is 2.11 bits per heavy atom. The number of aromatic nitrogens is 4. The van der Waals surface area contributed by atoms with Gasteiger partial charge in [0.1, 0.15) is 6.33 Å². The fraction of sp³-hybridized carbons (Fsp3) is 0.417. The second-order valence-electron chi connectivity index (χ2n) is 3.99. The molecule has 0 amide bonds. The van der Waals surface area contributed by atoms with E-state index >= 15 is 0 Å². The average Bonchev–Trinajstić information content (AvgIpc) is 2.80. The lowest BCUT2D eigenvalue weighted by Crippen LogP contribution is -2.23. The topological polar surface area (TPSA) is 64.9 Å². The van der Waals surface area contributed by atoms with E-state index in [0.29, 0.717) is 18.2 Å². The number of ether oxygens (including phenoxy) is 1. The Balaban J connectivity index is 2.35. The second kappa shape index (κ2) is 6.60. The summed E-state index contributed by atoms with van der Waals surface area (Å²) in [6.45, 7) is 1.22. The molecule has 1 unspecified atom stereocenters. The molecule has 0 bridgehead atoms. The number of nitrogens with one attached hydrogen (secondary N) is 1. The van der Waals surface area contributed by atoms with Gasteiger partial charge in [0.25, 0.3) is 0 Å². The number of rotatable bonds is 6. The minimum absolute atomic E-state index is 0.104. The van der Waals surface area contributed by atoms with Gasteiger partial charge in [-0.3, -0.25) is 4.68 Å². The molecule has 0 saturated heterocycles. The van der Waals surface area contributed by atoms with Crippen LogP contribution in [0.15, 0.2) is 24.9 Å². The van der Waals surface area contributed by atoms with Gasteiger partial charge in [0.15, 0.2) is 0 Å². The summed E-state index contributed by atoms with van der Waals surface area (Å²) in [4.78, 5) is 8.07. The first-order valence-corrected chi connectivity index (χ1v) is 6.28. The van der Waals surface area contributed by atoms with E-state index in [4.69, 9.17) is 16.3 Å². The third kappa shape index (κ3) is 3.09. The molecule has 2 heterocycles. The molecule has 7 heteroatoms. The maximum atomic E-state index is 6.24. The van der Waals surface area contributed by atoms with Crippen molar-refractivity contribution in [1.82, 2.24) is 25.1 Å². The summed E-state index contributed by atoms with van der Waals surface area (Å²) in [5.41, 5.74) is 1.82. The average molecular weight is 282 g/mol. The number of methoxy groups -OCH3 is 1. The van der Waals surface area contributed by atoms with Gasteiger partial charge < -0.3 is 10.1 Å². The van der Waals surface area contributed by atoms with Crippen LogP contribution in [-0.4, -0.2) is 40.5 Å². The van der Waals surface area contributed by atoms with E-state index in [1.165, 1.54) is 6.33 Å². The van der Waals surface area contributed by atoms with Crippen LogP contribution in [0.25, 0.3) is 0 Å². The van der Waals surface area contributed by atoms with Crippen molar-refractivity contribution in [3.05, 3.63) is 41.2 Å². The molecule has 1 N–H and O–H groups in total. The number of hydrogen-bond donors (Lipinski definition) is 1. The van der Waals surface area contributed by atoms with Crippen molar-refractivity contribution in [3.8, 4) is 0 Å². The molecule has 2 aromatic heterocycles. The van der Waals surface area contributed by atoms with Crippen LogP contribution in [0.1, 0.15) is 17.3 Å². The smallest absolute Gasteiger partial charge is 0.115 e. The largest absolute Gasteiger partial charge is 0.383 e. The molecule has 0 aliphatic heterocycles. The second-order valence-corrected chi connectivity index (χ2v) is 4.39. The molecule has 0 saturated carbocycles. The van der Waals surface area contributed by atoms with Crippen LogP contribution in [0.2, 0.25) is 5.02 Å². The first-order valence-electron chi connectivity index (χ1n) is 5.90. The molecule has 1 atom stereocenters. The van der Waals surface area contributed by atoms with E-state index < -0.39 is 0 Å². The highest BCUT2D eigenvalue weighted by molar-refractivity contribution is 6.31. The van der Waals surface area contributed by atoms with Gasteiger partial charge in [-0.2, -0.15) is 5.10 Å². The molecule has 102 valence electrons. The van der Waals surface area contributed by atoms with Gasteiger partial charge >= 0.3 is 0 Å². The van der Waals surface area contributed by atoms with Crippen LogP contribution in [0.4, 0.5) is 0 Å². The molecule has 0 aromatic carbocycles. The summed E-state index contributed by atoms with van der Waals surface area (Å²) in [6.07, 6.45) is 6.66. The zero-order valence-corrected chi connectivity index (χ0v) is 11.6. The van der Waals surface area contributed by atoms with E-state index in [0.717, 1.165) is 11.3 Å². The van der Waals surface area contributed by atoms with Gasteiger partial charge in [-0.25, -0.2) is 9.97 Å². The van der Waals surface area contributed by atoms with Gasteiger partial charge in [0, 0.05) is 25.1 Å². The van der Waals surface area contributed by atoms with Crippen molar-refractivity contribution in [2.75, 3.05) is 20.8 Å². The first kappa shape index (κ1) is 13.9. The highest BCUT2D eigenvalue weighted by Crippen LogP contribution is 2.27. The van der Waals surface area contributed by atoms with Crippen molar-refractivity contribution in [1.29, 1.82) is 0 Å². The van der Waals surface area contributed by atoms with Crippen LogP contribution in [0.5, 0.6) is 0 Å². The number of hydrogen-bond acceptors (Lipinski definition) is 5. The highest BCUT2D eigenvalue weighted by Gasteiger charge is 2.21. The Kier molecular flexibility index (Phi) is 4.84. The minimum Gasteiger partial charge on any atom is -0.383 e. The van der Waals surface area contributed by atoms with E-state index in [9.17, 15) is 0 Å². The molecule has 0 aliphatic rings. The normalized spacial score (nSPS) is 12.6. The van der Waals surface area contributed by atoms with Crippen molar-refractivity contribution in [2.24, 2.45) is 0 Å². The third-order valence-electron chi connectivity index (χ3n) is 2.82. The lowest BCUT2D eigenvalue weighted by atomic mass is 10.1. The van der Waals surface area contributed by atoms with Gasteiger partial charge in [0.05, 0.1) is 36.1 Å². The SMILES string of the molecule is CNC(c1cncnc1)c1c(Cl)cnn1CCOC. The van der Waals surface area contributed by atoms with Gasteiger partial charge in [0.2, 0.25) is 0 Å². The summed E-state index contributed by atoms with van der Waals surface area (Å²) in [6, 6.07) is -0.104. The van der Waals surface area contributed by atoms with Gasteiger partial charge in [-0.15, -0.1) is 0 Å². The first-order chi connectivity index (χ1) is 9.27. The van der Waals surface area contributed by atoms with E-state index in [1.54, 1.807) is 25.7 Å². The zero-order valence-electron chi connectivity index (χ0n) is 10.9. The van der Waals surface area contributed by atoms with Gasteiger partial charge in [-0.05, 0) is 7.05 Å². The number of halogens is 1. The maximum absolute atomic E-state index is 6.24. The summed E-state index contributed by atoms with van der Waals surface area (Å²) < 4.78 is 6.91. The summed E-state index contributed by atoms with van der Waals surface area (Å²) >= 11 is 6.24. The van der Waals surface area contributed by atoms with Crippen molar-refractivity contribution in [3.63, 3.8) is 0 Å². The fourth-order valence-electron chi connectivity index (χ4n) is 1.94. The lowest BCUT2D eigenvalue weighted by molar-refractivity contribution is 0.182. The molecule has 0 spiro atoms. The zero-order chi connectivity index (χ0) is 13.7. The van der Waals surface area contributed by atoms with Crippen LogP contribution in [0.3, 0.4) is 0 Å². The molecule has 2 aromatic rings. The minimum atomic E-state index is -0.104. The molecule has 0 aliphatic carbocycles. The van der Waals surface area contributed by atoms with Gasteiger partial charge in [-0.1, -0.05) is 11.6 Å². The molecule has 0 radical (unpaired) electrons. The Hall–Kier alpha value is -1.50. The third-order valence-corrected chi connectivity index (χ3v) is 3.11. The molecule has 19 heavy (non-hydrogen) atoms. The van der Waals surface area contributed by atoms with Crippen LogP contribution in [-0.2, 0) is 11.3 Å². The predicted molar refractivity (Wildman–Crippen MR) is 72.0 cm³/mol. The van der Waals surface area contributed by atoms with Crippen molar-refractivity contribution in [2.45, 2.75) is 12.6 Å². The maximum Gasteiger partial charge on any atom is 0.115 e. The molecule has 0 fully saturated rings. The molecule has 2 rings (SSSR count). The Morgan fingerprint density at radius 1 is 1.37 bits per heavy atom. The van der Waals surface area contributed by atoms with E-state index in [2.05, 4.69) is 20.4 Å². The Morgan fingerprint density at radius 3 is 2.74 bits per heavy atom. The Bertz CT molecular complexity index is 516. The van der Waals surface area contributed by atoms with Crippen molar-refractivity contribution < 1.29 is 4.74 Å². The molecular formula is C12H16ClN5O. The lowest BCUT2D eigenvalue weighted by Gasteiger charge is -2.18. The van der Waals surface area contributed by atoms with E-state index in [-0.39, 0.29) is 6.04 Å². The van der Waals surface area contributed by atoms with Crippen LogP contribution in [0, 0.1) is 0 Å². The quantitative estimate of drug-likeness (QED) is 0.864. The number of nitrogens with zero attached hydrogens (tertiary/aromatic N) is 4. The summed E-state index contributed by atoms with van der Waals surface area (Å²) in [5, 5.41) is 8.09. The fourth-order valence-corrected chi connectivity index (χ4v) is 2.19. The van der Waals surface area contributed by atoms with Crippen molar-refractivity contribution >= 4 is 11.6 Å². The highest BCUT2D eigenvalue weighted by atomic mass is 35.5. The monoisotopic (exact) mass is 281 g/mol. The predicted octanol–water partition coefficient (Wildman–Crippen LogP) is 1.28. The Labute approximate surface area is 116 Å². The van der Waals surface area contributed by atoms with Crippen LogP contribution < -0.4 is 5.32 Å².